The van der Waals surface area contributed by atoms with Gasteiger partial charge in [0.1, 0.15) is 11.6 Å². The number of carbonyl (C=O) groups excluding carboxylic acids is 1. The molecule has 8 heteroatoms. The van der Waals surface area contributed by atoms with Gasteiger partial charge in [-0.2, -0.15) is 0 Å². The first-order valence-corrected chi connectivity index (χ1v) is 13.7. The second-order valence-electron chi connectivity index (χ2n) is 11.5. The number of aryl methyl sites for hydroxylation is 1. The van der Waals surface area contributed by atoms with Gasteiger partial charge in [-0.1, -0.05) is 26.0 Å². The van der Waals surface area contributed by atoms with Crippen LogP contribution in [0.5, 0.6) is 0 Å². The minimum atomic E-state index is -0.0146. The highest BCUT2D eigenvalue weighted by Crippen LogP contribution is 2.40. The molecule has 1 N–H and O–H groups in total. The first-order chi connectivity index (χ1) is 17.9. The number of aromatic nitrogens is 4. The van der Waals surface area contributed by atoms with Crippen LogP contribution < -0.4 is 0 Å². The van der Waals surface area contributed by atoms with Crippen molar-refractivity contribution in [3.8, 4) is 0 Å². The van der Waals surface area contributed by atoms with Crippen molar-refractivity contribution in [3.05, 3.63) is 71.8 Å². The standard InChI is InChI=1S/C29H41N7O/c1-23(2)18-34-14-8-29(9-15-34)10-16-35(22-29)19-24-4-6-25(7-5-24)28(37)36(20-26-30-11-12-31-26)21-27-32-13-17-33(27)3/h4-7,11-13,17,23H,8-10,14-16,18-22H2,1-3H3,(H,30,31). The van der Waals surface area contributed by atoms with E-state index in [4.69, 9.17) is 0 Å². The van der Waals surface area contributed by atoms with Crippen LogP contribution in [0.4, 0.5) is 0 Å². The molecule has 0 bridgehead atoms. The number of imidazole rings is 2. The van der Waals surface area contributed by atoms with Gasteiger partial charge in [0.2, 0.25) is 0 Å². The molecule has 2 aliphatic rings. The Labute approximate surface area is 220 Å². The summed E-state index contributed by atoms with van der Waals surface area (Å²) < 4.78 is 1.95. The van der Waals surface area contributed by atoms with Gasteiger partial charge in [0.15, 0.2) is 0 Å². The molecule has 0 unspecified atom stereocenters. The fourth-order valence-electron chi connectivity index (χ4n) is 5.97. The van der Waals surface area contributed by atoms with Crippen LogP contribution in [0.15, 0.2) is 49.1 Å². The van der Waals surface area contributed by atoms with Gasteiger partial charge in [0.25, 0.3) is 5.91 Å². The van der Waals surface area contributed by atoms with Crippen molar-refractivity contribution in [3.63, 3.8) is 0 Å². The monoisotopic (exact) mass is 503 g/mol. The molecule has 0 radical (unpaired) electrons. The zero-order valence-corrected chi connectivity index (χ0v) is 22.6. The van der Waals surface area contributed by atoms with Crippen LogP contribution in [0.25, 0.3) is 0 Å². The maximum atomic E-state index is 13.5. The summed E-state index contributed by atoms with van der Waals surface area (Å²) in [6.07, 6.45) is 11.1. The van der Waals surface area contributed by atoms with Gasteiger partial charge in [-0.15, -0.1) is 0 Å². The number of hydrogen-bond acceptors (Lipinski definition) is 5. The number of amides is 1. The van der Waals surface area contributed by atoms with Crippen LogP contribution in [0.2, 0.25) is 0 Å². The largest absolute Gasteiger partial charge is 0.347 e. The maximum absolute atomic E-state index is 13.5. The molecule has 3 aromatic rings. The number of piperidine rings is 1. The van der Waals surface area contributed by atoms with Crippen molar-refractivity contribution in [2.75, 3.05) is 32.7 Å². The minimum absolute atomic E-state index is 0.0146. The summed E-state index contributed by atoms with van der Waals surface area (Å²) in [6, 6.07) is 8.19. The van der Waals surface area contributed by atoms with Crippen LogP contribution in [0.3, 0.4) is 0 Å². The van der Waals surface area contributed by atoms with Crippen molar-refractivity contribution in [2.24, 2.45) is 18.4 Å². The fraction of sp³-hybridized carbons (Fsp3) is 0.552. The lowest BCUT2D eigenvalue weighted by Gasteiger charge is -2.40. The number of nitrogens with zero attached hydrogens (tertiary/aromatic N) is 6. The number of hydrogen-bond donors (Lipinski definition) is 1. The molecule has 0 saturated carbocycles. The number of H-pyrrole nitrogens is 1. The predicted octanol–water partition coefficient (Wildman–Crippen LogP) is 3.93. The second-order valence-corrected chi connectivity index (χ2v) is 11.5. The summed E-state index contributed by atoms with van der Waals surface area (Å²) in [6.45, 7) is 12.5. The van der Waals surface area contributed by atoms with Crippen LogP contribution >= 0.6 is 0 Å². The normalized spacial score (nSPS) is 18.2. The van der Waals surface area contributed by atoms with Crippen molar-refractivity contribution in [1.29, 1.82) is 0 Å². The summed E-state index contributed by atoms with van der Waals surface area (Å²) >= 11 is 0. The molecule has 5 rings (SSSR count). The van der Waals surface area contributed by atoms with Gasteiger partial charge in [-0.05, 0) is 67.9 Å². The average molecular weight is 504 g/mol. The van der Waals surface area contributed by atoms with Crippen LogP contribution in [-0.4, -0.2) is 72.8 Å². The highest BCUT2D eigenvalue weighted by Gasteiger charge is 2.40. The summed E-state index contributed by atoms with van der Waals surface area (Å²) in [5.74, 6) is 2.34. The maximum Gasteiger partial charge on any atom is 0.254 e. The number of carbonyl (C=O) groups is 1. The van der Waals surface area contributed by atoms with E-state index in [-0.39, 0.29) is 5.91 Å². The van der Waals surface area contributed by atoms with E-state index in [1.807, 2.05) is 29.9 Å². The Hall–Kier alpha value is -2.97. The molecule has 2 aromatic heterocycles. The summed E-state index contributed by atoms with van der Waals surface area (Å²) in [5, 5.41) is 0. The zero-order chi connectivity index (χ0) is 25.8. The third kappa shape index (κ3) is 6.30. The topological polar surface area (TPSA) is 73.3 Å². The number of nitrogens with one attached hydrogen (secondary N) is 1. The molecule has 2 aliphatic heterocycles. The van der Waals surface area contributed by atoms with Crippen molar-refractivity contribution >= 4 is 5.91 Å². The molecule has 4 heterocycles. The summed E-state index contributed by atoms with van der Waals surface area (Å²) in [4.78, 5) is 32.4. The average Bonchev–Trinajstić information content (AvgIpc) is 3.63. The van der Waals surface area contributed by atoms with Crippen molar-refractivity contribution in [1.82, 2.24) is 34.2 Å². The fourth-order valence-corrected chi connectivity index (χ4v) is 5.97. The molecule has 1 spiro atoms. The first-order valence-electron chi connectivity index (χ1n) is 13.7. The quantitative estimate of drug-likeness (QED) is 0.479. The molecule has 198 valence electrons. The van der Waals surface area contributed by atoms with E-state index in [0.717, 1.165) is 24.1 Å². The molecule has 1 amide bonds. The first kappa shape index (κ1) is 25.7. The van der Waals surface area contributed by atoms with Crippen LogP contribution in [0.1, 0.15) is 60.7 Å². The number of aromatic amines is 1. The van der Waals surface area contributed by atoms with Gasteiger partial charge in [0, 0.05) is 57.0 Å². The molecular weight excluding hydrogens is 462 g/mol. The highest BCUT2D eigenvalue weighted by molar-refractivity contribution is 5.94. The Morgan fingerprint density at radius 2 is 1.76 bits per heavy atom. The lowest BCUT2D eigenvalue weighted by atomic mass is 9.77. The number of rotatable bonds is 9. The van der Waals surface area contributed by atoms with Crippen LogP contribution in [0, 0.1) is 11.3 Å². The lowest BCUT2D eigenvalue weighted by Crippen LogP contribution is -2.42. The highest BCUT2D eigenvalue weighted by atomic mass is 16.2. The van der Waals surface area contributed by atoms with Gasteiger partial charge >= 0.3 is 0 Å². The molecule has 2 saturated heterocycles. The molecule has 1 aromatic carbocycles. The SMILES string of the molecule is CC(C)CN1CCC2(CC1)CCN(Cc1ccc(C(=O)N(Cc3ncc[nH]3)Cc3nccn3C)cc1)C2. The van der Waals surface area contributed by atoms with E-state index in [1.165, 1.54) is 57.5 Å². The Morgan fingerprint density at radius 3 is 2.38 bits per heavy atom. The Balaban J connectivity index is 1.19. The van der Waals surface area contributed by atoms with E-state index < -0.39 is 0 Å². The van der Waals surface area contributed by atoms with Crippen LogP contribution in [-0.2, 0) is 26.7 Å². The van der Waals surface area contributed by atoms with E-state index in [2.05, 4.69) is 50.7 Å². The van der Waals surface area contributed by atoms with Crippen molar-refractivity contribution < 1.29 is 4.79 Å². The molecule has 0 aliphatic carbocycles. The molecule has 8 nitrogen and oxygen atoms in total. The van der Waals surface area contributed by atoms with E-state index in [1.54, 1.807) is 23.5 Å². The van der Waals surface area contributed by atoms with Gasteiger partial charge in [-0.3, -0.25) is 9.69 Å². The lowest BCUT2D eigenvalue weighted by molar-refractivity contribution is 0.0720. The minimum Gasteiger partial charge on any atom is -0.347 e. The third-order valence-corrected chi connectivity index (χ3v) is 8.10. The molecular formula is C29H41N7O. The molecule has 37 heavy (non-hydrogen) atoms. The van der Waals surface area contributed by atoms with Crippen molar-refractivity contribution in [2.45, 2.75) is 52.7 Å². The Bertz CT molecular complexity index is 1140. The predicted molar refractivity (Wildman–Crippen MR) is 145 cm³/mol. The van der Waals surface area contributed by atoms with Gasteiger partial charge in [-0.25, -0.2) is 9.97 Å². The summed E-state index contributed by atoms with van der Waals surface area (Å²) in [5.41, 5.74) is 2.47. The van der Waals surface area contributed by atoms with Gasteiger partial charge in [0.05, 0.1) is 13.1 Å². The smallest absolute Gasteiger partial charge is 0.254 e. The Morgan fingerprint density at radius 1 is 1.03 bits per heavy atom. The van der Waals surface area contributed by atoms with E-state index in [0.29, 0.717) is 24.1 Å². The number of likely N-dealkylation sites (tertiary alicyclic amines) is 2. The summed E-state index contributed by atoms with van der Waals surface area (Å²) in [7, 11) is 1.95. The number of benzene rings is 1. The Kier molecular flexibility index (Phi) is 7.76. The molecule has 2 fully saturated rings. The van der Waals surface area contributed by atoms with E-state index in [9.17, 15) is 4.79 Å². The second kappa shape index (κ2) is 11.2. The third-order valence-electron chi connectivity index (χ3n) is 8.10. The van der Waals surface area contributed by atoms with E-state index >= 15 is 0 Å². The zero-order valence-electron chi connectivity index (χ0n) is 22.6. The molecule has 0 atom stereocenters. The van der Waals surface area contributed by atoms with Gasteiger partial charge < -0.3 is 19.4 Å².